The molecule has 0 radical (unpaired) electrons. The summed E-state index contributed by atoms with van der Waals surface area (Å²) in [5.74, 6) is 0.423. The molecule has 1 heterocycles. The standard InChI is InChI=1S/C13H15ClFN3O/c1-2-19-7-6-13-16-9-17-18(13)8-10-11(14)4-3-5-12(10)15/h3-5,9H,2,6-8H2,1H3. The van der Waals surface area contributed by atoms with E-state index < -0.39 is 0 Å². The van der Waals surface area contributed by atoms with Crippen LogP contribution < -0.4 is 0 Å². The molecule has 4 nitrogen and oxygen atoms in total. The molecule has 102 valence electrons. The Morgan fingerprint density at radius 2 is 2.26 bits per heavy atom. The zero-order valence-corrected chi connectivity index (χ0v) is 11.4. The van der Waals surface area contributed by atoms with Crippen molar-refractivity contribution in [3.05, 3.63) is 46.8 Å². The van der Waals surface area contributed by atoms with Crippen molar-refractivity contribution >= 4 is 11.6 Å². The minimum atomic E-state index is -0.334. The van der Waals surface area contributed by atoms with Crippen molar-refractivity contribution in [3.8, 4) is 0 Å². The number of nitrogens with zero attached hydrogens (tertiary/aromatic N) is 3. The van der Waals surface area contributed by atoms with Gasteiger partial charge in [0.2, 0.25) is 0 Å². The molecule has 1 aromatic heterocycles. The molecule has 1 aromatic carbocycles. The molecule has 2 aromatic rings. The number of halogens is 2. The smallest absolute Gasteiger partial charge is 0.138 e. The van der Waals surface area contributed by atoms with E-state index >= 15 is 0 Å². The lowest BCUT2D eigenvalue weighted by Crippen LogP contribution is -2.11. The average Bonchev–Trinajstić information content (AvgIpc) is 2.82. The monoisotopic (exact) mass is 283 g/mol. The molecule has 0 N–H and O–H groups in total. The molecule has 0 aliphatic carbocycles. The molecule has 0 aliphatic rings. The summed E-state index contributed by atoms with van der Waals surface area (Å²) >= 11 is 6.00. The molecule has 0 aliphatic heterocycles. The van der Waals surface area contributed by atoms with Crippen LogP contribution in [0.3, 0.4) is 0 Å². The molecule has 0 saturated heterocycles. The fraction of sp³-hybridized carbons (Fsp3) is 0.385. The highest BCUT2D eigenvalue weighted by Gasteiger charge is 2.11. The van der Waals surface area contributed by atoms with Crippen LogP contribution in [0.4, 0.5) is 4.39 Å². The van der Waals surface area contributed by atoms with Crippen LogP contribution in [0, 0.1) is 5.82 Å². The molecule has 6 heteroatoms. The fourth-order valence-electron chi connectivity index (χ4n) is 1.75. The topological polar surface area (TPSA) is 39.9 Å². The predicted molar refractivity (Wildman–Crippen MR) is 70.7 cm³/mol. The number of hydrogen-bond donors (Lipinski definition) is 0. The maximum absolute atomic E-state index is 13.7. The van der Waals surface area contributed by atoms with Gasteiger partial charge in [0.25, 0.3) is 0 Å². The minimum absolute atomic E-state index is 0.271. The molecule has 0 amide bonds. The quantitative estimate of drug-likeness (QED) is 0.765. The number of hydrogen-bond acceptors (Lipinski definition) is 3. The Kier molecular flexibility index (Phi) is 4.87. The van der Waals surface area contributed by atoms with Gasteiger partial charge < -0.3 is 4.74 Å². The summed E-state index contributed by atoms with van der Waals surface area (Å²) in [7, 11) is 0. The van der Waals surface area contributed by atoms with E-state index in [4.69, 9.17) is 16.3 Å². The van der Waals surface area contributed by atoms with Crippen molar-refractivity contribution in [2.75, 3.05) is 13.2 Å². The Bertz CT molecular complexity index is 524. The van der Waals surface area contributed by atoms with Gasteiger partial charge in [0, 0.05) is 23.6 Å². The molecule has 0 spiro atoms. The van der Waals surface area contributed by atoms with E-state index in [1.54, 1.807) is 16.8 Å². The van der Waals surface area contributed by atoms with Gasteiger partial charge in [0.15, 0.2) is 0 Å². The van der Waals surface area contributed by atoms with Crippen LogP contribution in [-0.4, -0.2) is 28.0 Å². The molecule has 0 unspecified atom stereocenters. The van der Waals surface area contributed by atoms with Gasteiger partial charge >= 0.3 is 0 Å². The Morgan fingerprint density at radius 3 is 3.00 bits per heavy atom. The van der Waals surface area contributed by atoms with Gasteiger partial charge in [-0.05, 0) is 19.1 Å². The van der Waals surface area contributed by atoms with Crippen molar-refractivity contribution in [1.29, 1.82) is 0 Å². The maximum Gasteiger partial charge on any atom is 0.138 e. The second-order valence-corrected chi connectivity index (χ2v) is 4.39. The van der Waals surface area contributed by atoms with Crippen molar-refractivity contribution in [3.63, 3.8) is 0 Å². The second kappa shape index (κ2) is 6.63. The van der Waals surface area contributed by atoms with Crippen LogP contribution in [0.25, 0.3) is 0 Å². The van der Waals surface area contributed by atoms with E-state index in [1.807, 2.05) is 6.92 Å². The number of ether oxygens (including phenoxy) is 1. The lowest BCUT2D eigenvalue weighted by Gasteiger charge is -2.08. The number of aromatic nitrogens is 3. The van der Waals surface area contributed by atoms with Crippen LogP contribution in [0.15, 0.2) is 24.5 Å². The van der Waals surface area contributed by atoms with Crippen molar-refractivity contribution in [2.24, 2.45) is 0 Å². The van der Waals surface area contributed by atoms with E-state index in [1.165, 1.54) is 12.4 Å². The third-order valence-electron chi connectivity index (χ3n) is 2.74. The highest BCUT2D eigenvalue weighted by Crippen LogP contribution is 2.20. The molecular weight excluding hydrogens is 269 g/mol. The second-order valence-electron chi connectivity index (χ2n) is 3.98. The van der Waals surface area contributed by atoms with Gasteiger partial charge in [-0.25, -0.2) is 14.1 Å². The Balaban J connectivity index is 2.13. The number of rotatable bonds is 6. The Morgan fingerprint density at radius 1 is 1.42 bits per heavy atom. The molecule has 0 atom stereocenters. The van der Waals surface area contributed by atoms with E-state index in [0.717, 1.165) is 5.82 Å². The normalized spacial score (nSPS) is 10.9. The third kappa shape index (κ3) is 3.52. The van der Waals surface area contributed by atoms with Gasteiger partial charge in [0.05, 0.1) is 13.2 Å². The first-order chi connectivity index (χ1) is 9.22. The summed E-state index contributed by atoms with van der Waals surface area (Å²) < 4.78 is 20.6. The predicted octanol–water partition coefficient (Wildman–Crippen LogP) is 2.70. The first-order valence-corrected chi connectivity index (χ1v) is 6.47. The highest BCUT2D eigenvalue weighted by atomic mass is 35.5. The summed E-state index contributed by atoms with van der Waals surface area (Å²) in [6, 6.07) is 4.63. The summed E-state index contributed by atoms with van der Waals surface area (Å²) in [6.45, 7) is 3.43. The average molecular weight is 284 g/mol. The Hall–Kier alpha value is -1.46. The first-order valence-electron chi connectivity index (χ1n) is 6.09. The first kappa shape index (κ1) is 14.0. The van der Waals surface area contributed by atoms with Crippen LogP contribution >= 0.6 is 11.6 Å². The Labute approximate surface area is 116 Å². The highest BCUT2D eigenvalue weighted by molar-refractivity contribution is 6.31. The van der Waals surface area contributed by atoms with Gasteiger partial charge in [-0.1, -0.05) is 17.7 Å². The van der Waals surface area contributed by atoms with Crippen molar-refractivity contribution in [1.82, 2.24) is 14.8 Å². The van der Waals surface area contributed by atoms with Crippen LogP contribution in [-0.2, 0) is 17.7 Å². The largest absolute Gasteiger partial charge is 0.381 e. The molecular formula is C13H15ClFN3O. The molecule has 2 rings (SSSR count). The molecule has 19 heavy (non-hydrogen) atoms. The van der Waals surface area contributed by atoms with E-state index in [-0.39, 0.29) is 12.4 Å². The van der Waals surface area contributed by atoms with Crippen LogP contribution in [0.5, 0.6) is 0 Å². The zero-order valence-electron chi connectivity index (χ0n) is 10.6. The van der Waals surface area contributed by atoms with Gasteiger partial charge in [-0.3, -0.25) is 0 Å². The van der Waals surface area contributed by atoms with E-state index in [9.17, 15) is 4.39 Å². The fourth-order valence-corrected chi connectivity index (χ4v) is 1.98. The summed E-state index contributed by atoms with van der Waals surface area (Å²) in [5.41, 5.74) is 0.423. The molecule has 0 bridgehead atoms. The number of benzene rings is 1. The SMILES string of the molecule is CCOCCc1ncnn1Cc1c(F)cccc1Cl. The molecule has 0 fully saturated rings. The maximum atomic E-state index is 13.7. The molecule has 0 saturated carbocycles. The minimum Gasteiger partial charge on any atom is -0.381 e. The third-order valence-corrected chi connectivity index (χ3v) is 3.09. The lowest BCUT2D eigenvalue weighted by atomic mass is 10.2. The van der Waals surface area contributed by atoms with Crippen molar-refractivity contribution < 1.29 is 9.13 Å². The van der Waals surface area contributed by atoms with Gasteiger partial charge in [-0.2, -0.15) is 5.10 Å². The van der Waals surface area contributed by atoms with Gasteiger partial charge in [-0.15, -0.1) is 0 Å². The summed E-state index contributed by atoms with van der Waals surface area (Å²) in [4.78, 5) is 4.15. The van der Waals surface area contributed by atoms with Gasteiger partial charge in [0.1, 0.15) is 18.0 Å². The summed E-state index contributed by atoms with van der Waals surface area (Å²) in [6.07, 6.45) is 2.09. The lowest BCUT2D eigenvalue weighted by molar-refractivity contribution is 0.148. The zero-order chi connectivity index (χ0) is 13.7. The van der Waals surface area contributed by atoms with E-state index in [0.29, 0.717) is 30.2 Å². The van der Waals surface area contributed by atoms with E-state index in [2.05, 4.69) is 10.1 Å². The van der Waals surface area contributed by atoms with Crippen molar-refractivity contribution in [2.45, 2.75) is 19.9 Å². The summed E-state index contributed by atoms with van der Waals surface area (Å²) in [5, 5.41) is 4.49. The van der Waals surface area contributed by atoms with Crippen LogP contribution in [0.1, 0.15) is 18.3 Å². The van der Waals surface area contributed by atoms with Crippen LogP contribution in [0.2, 0.25) is 5.02 Å².